The number of aromatic hydroxyl groups is 1. The largest absolute Gasteiger partial charge is 0.508 e. The first-order chi connectivity index (χ1) is 38.3. The fraction of sp³-hybridized carbons (Fsp3) is 0.564. The SMILES string of the molecule is CC[C@H](C)[C@H](NC(=O)[C@@H](N)CC(=O)O)C(=O)N[C@@H](Cc1ccc(O)cc1)C(=O)N[C@H](C(=O)N[C@@H](CCCCN)C(=O)N[C@@H](CO)C(=O)N[C@@H](Cc1c[nH]c2ccccc12)C(=O)N[C@H](C(=O)N[C@@H](CCCCN)C(=O)O)C(C)C)C(C)C. The average molecular weight is 1140 g/mol. The Morgan fingerprint density at radius 2 is 1.00 bits per heavy atom. The van der Waals surface area contributed by atoms with E-state index in [0.717, 1.165) is 0 Å². The molecule has 0 spiro atoms. The summed E-state index contributed by atoms with van der Waals surface area (Å²) in [6.45, 7) is 9.44. The Balaban J connectivity index is 1.92. The second-order valence-electron chi connectivity index (χ2n) is 20.9. The number of phenols is 1. The Hall–Kier alpha value is -7.68. The Morgan fingerprint density at radius 1 is 0.543 bits per heavy atom. The number of H-pyrrole nitrogens is 1. The van der Waals surface area contributed by atoms with E-state index < -0.39 is 144 Å². The Kier molecular flexibility index (Phi) is 28.2. The molecule has 1 heterocycles. The molecule has 3 aromatic rings. The lowest BCUT2D eigenvalue weighted by Gasteiger charge is -2.30. The van der Waals surface area contributed by atoms with E-state index in [1.165, 1.54) is 24.3 Å². The maximum Gasteiger partial charge on any atom is 0.326 e. The van der Waals surface area contributed by atoms with Crippen molar-refractivity contribution in [2.24, 2.45) is 35.0 Å². The number of aliphatic hydroxyl groups is 1. The van der Waals surface area contributed by atoms with Gasteiger partial charge in [0.05, 0.1) is 19.1 Å². The van der Waals surface area contributed by atoms with E-state index in [4.69, 9.17) is 17.2 Å². The van der Waals surface area contributed by atoms with Crippen molar-refractivity contribution in [3.63, 3.8) is 0 Å². The van der Waals surface area contributed by atoms with Crippen molar-refractivity contribution in [1.82, 2.24) is 47.5 Å². The summed E-state index contributed by atoms with van der Waals surface area (Å²) in [5.41, 5.74) is 18.9. The van der Waals surface area contributed by atoms with Crippen LogP contribution in [-0.4, -0.2) is 159 Å². The van der Waals surface area contributed by atoms with Gasteiger partial charge in [-0.3, -0.25) is 43.2 Å². The zero-order valence-electron chi connectivity index (χ0n) is 46.9. The molecule has 0 aliphatic carbocycles. The third kappa shape index (κ3) is 21.7. The predicted molar refractivity (Wildman–Crippen MR) is 299 cm³/mol. The number of hydrogen-bond acceptors (Lipinski definition) is 15. The molecule has 0 bridgehead atoms. The summed E-state index contributed by atoms with van der Waals surface area (Å²) in [6.07, 6.45) is 2.63. The number of carbonyl (C=O) groups is 10. The molecule has 2 aromatic carbocycles. The molecule has 0 unspecified atom stereocenters. The van der Waals surface area contributed by atoms with Crippen molar-refractivity contribution in [2.45, 2.75) is 160 Å². The number of hydrogen-bond donors (Lipinski definition) is 16. The molecule has 8 amide bonds. The van der Waals surface area contributed by atoms with Gasteiger partial charge in [0, 0.05) is 29.9 Å². The van der Waals surface area contributed by atoms with Gasteiger partial charge < -0.3 is 85.1 Å². The third-order valence-electron chi connectivity index (χ3n) is 13.7. The smallest absolute Gasteiger partial charge is 0.326 e. The van der Waals surface area contributed by atoms with Crippen molar-refractivity contribution in [1.29, 1.82) is 0 Å². The first-order valence-corrected chi connectivity index (χ1v) is 27.3. The van der Waals surface area contributed by atoms with Crippen molar-refractivity contribution in [3.8, 4) is 5.75 Å². The predicted octanol–water partition coefficient (Wildman–Crippen LogP) is -0.968. The van der Waals surface area contributed by atoms with Crippen LogP contribution in [0, 0.1) is 17.8 Å². The zero-order chi connectivity index (χ0) is 60.5. The summed E-state index contributed by atoms with van der Waals surface area (Å²) in [5, 5.41) is 61.0. The van der Waals surface area contributed by atoms with Crippen LogP contribution in [0.2, 0.25) is 0 Å². The minimum Gasteiger partial charge on any atom is -0.508 e. The molecular weight excluding hydrogens is 1050 g/mol. The number of fused-ring (bicyclic) bond motifs is 1. The molecule has 10 atom stereocenters. The van der Waals surface area contributed by atoms with Gasteiger partial charge in [-0.2, -0.15) is 0 Å². The van der Waals surface area contributed by atoms with Crippen LogP contribution in [0.25, 0.3) is 10.9 Å². The molecule has 81 heavy (non-hydrogen) atoms. The molecule has 19 N–H and O–H groups in total. The first kappa shape index (κ1) is 67.6. The number of aliphatic carboxylic acids is 2. The highest BCUT2D eigenvalue weighted by Crippen LogP contribution is 2.20. The highest BCUT2D eigenvalue weighted by Gasteiger charge is 2.37. The molecule has 26 heteroatoms. The summed E-state index contributed by atoms with van der Waals surface area (Å²) in [7, 11) is 0. The van der Waals surface area contributed by atoms with Crippen molar-refractivity contribution < 1.29 is 68.4 Å². The number of aromatic nitrogens is 1. The topological polar surface area (TPSA) is 442 Å². The van der Waals surface area contributed by atoms with Crippen LogP contribution in [0.15, 0.2) is 54.7 Å². The monoisotopic (exact) mass is 1140 g/mol. The van der Waals surface area contributed by atoms with Gasteiger partial charge in [0.2, 0.25) is 47.3 Å². The van der Waals surface area contributed by atoms with E-state index in [2.05, 4.69) is 47.5 Å². The minimum absolute atomic E-state index is 0.0360. The van der Waals surface area contributed by atoms with Gasteiger partial charge in [0.1, 0.15) is 54.1 Å². The standard InChI is InChI=1S/C55H84N12O14/c1-7-31(6)46(67-47(72)36(58)26-43(70)71)54(79)63-40(24-32-18-20-34(69)21-19-32)49(74)65-44(29(2)3)52(77)60-38(16-10-12-22-56)48(73)64-42(28-68)51(76)62-41(25-33-27-59-37-15-9-8-14-35(33)37)50(75)66-45(30(4)5)53(78)61-39(55(80)81)17-11-13-23-57/h8-9,14-15,18-21,27,29-31,36,38-42,44-46,59,68-69H,7,10-13,16-17,22-26,28,56-58H2,1-6H3,(H,60,77)(H,61,78)(H,62,76)(H,63,79)(H,64,73)(H,65,74)(H,66,75)(H,67,72)(H,70,71)(H,80,81)/t31-,36-,38-,39-,40-,41-,42-,44-,45-,46-/m0/s1. The fourth-order valence-electron chi connectivity index (χ4n) is 8.66. The van der Waals surface area contributed by atoms with Gasteiger partial charge in [-0.1, -0.05) is 78.3 Å². The molecule has 448 valence electrons. The van der Waals surface area contributed by atoms with Gasteiger partial charge in [-0.05, 0) is 98.7 Å². The number of carboxylic acids is 2. The molecule has 26 nitrogen and oxygen atoms in total. The number of amides is 8. The Morgan fingerprint density at radius 3 is 1.52 bits per heavy atom. The summed E-state index contributed by atoms with van der Waals surface area (Å²) in [5.74, 6) is -11.5. The number of carbonyl (C=O) groups excluding carboxylic acids is 8. The summed E-state index contributed by atoms with van der Waals surface area (Å²) < 4.78 is 0. The lowest BCUT2D eigenvalue weighted by molar-refractivity contribution is -0.143. The van der Waals surface area contributed by atoms with Gasteiger partial charge in [-0.15, -0.1) is 0 Å². The van der Waals surface area contributed by atoms with Crippen LogP contribution in [0.1, 0.15) is 104 Å². The molecular formula is C55H84N12O14. The number of nitrogens with one attached hydrogen (secondary N) is 9. The number of nitrogens with two attached hydrogens (primary N) is 3. The van der Waals surface area contributed by atoms with E-state index >= 15 is 0 Å². The van der Waals surface area contributed by atoms with Gasteiger partial charge in [0.15, 0.2) is 0 Å². The van der Waals surface area contributed by atoms with Crippen LogP contribution in [0.3, 0.4) is 0 Å². The maximum absolute atomic E-state index is 14.3. The third-order valence-corrected chi connectivity index (χ3v) is 13.7. The molecule has 1 aromatic heterocycles. The van der Waals surface area contributed by atoms with Crippen LogP contribution < -0.4 is 59.7 Å². The second kappa shape index (κ2) is 33.8. The number of benzene rings is 2. The molecule has 0 radical (unpaired) electrons. The summed E-state index contributed by atoms with van der Waals surface area (Å²) >= 11 is 0. The van der Waals surface area contributed by atoms with Gasteiger partial charge in [-0.25, -0.2) is 4.79 Å². The van der Waals surface area contributed by atoms with Gasteiger partial charge in [0.25, 0.3) is 0 Å². The lowest BCUT2D eigenvalue weighted by atomic mass is 9.96. The number of phenolic OH excluding ortho intramolecular Hbond substituents is 1. The van der Waals surface area contributed by atoms with Crippen LogP contribution in [0.4, 0.5) is 0 Å². The summed E-state index contributed by atoms with van der Waals surface area (Å²) in [6, 6.07) is 0.214. The number of rotatable bonds is 36. The van der Waals surface area contributed by atoms with E-state index in [1.807, 2.05) is 0 Å². The number of aromatic amines is 1. The quantitative estimate of drug-likeness (QED) is 0.0312. The van der Waals surface area contributed by atoms with E-state index in [9.17, 15) is 68.4 Å². The molecule has 0 aliphatic rings. The highest BCUT2D eigenvalue weighted by atomic mass is 16.4. The average Bonchev–Trinajstić information content (AvgIpc) is 3.90. The number of aliphatic hydroxyl groups excluding tert-OH is 1. The fourth-order valence-corrected chi connectivity index (χ4v) is 8.66. The number of carboxylic acid groups (broad SMARTS) is 2. The first-order valence-electron chi connectivity index (χ1n) is 27.3. The Labute approximate surface area is 471 Å². The highest BCUT2D eigenvalue weighted by molar-refractivity contribution is 5.99. The number of unbranched alkanes of at least 4 members (excludes halogenated alkanes) is 2. The molecule has 3 rings (SSSR count). The number of para-hydroxylation sites is 1. The van der Waals surface area contributed by atoms with Crippen LogP contribution >= 0.6 is 0 Å². The Bertz CT molecular complexity index is 2590. The molecule has 0 saturated carbocycles. The van der Waals surface area contributed by atoms with Crippen molar-refractivity contribution >= 4 is 70.1 Å². The van der Waals surface area contributed by atoms with Crippen LogP contribution in [0.5, 0.6) is 5.75 Å². The van der Waals surface area contributed by atoms with Crippen LogP contribution in [-0.2, 0) is 60.8 Å². The zero-order valence-corrected chi connectivity index (χ0v) is 46.9. The maximum atomic E-state index is 14.3. The second-order valence-corrected chi connectivity index (χ2v) is 20.9. The molecule has 0 saturated heterocycles. The summed E-state index contributed by atoms with van der Waals surface area (Å²) in [4.78, 5) is 138. The normalized spacial score (nSPS) is 15.1. The molecule has 0 fully saturated rings. The van der Waals surface area contributed by atoms with E-state index in [0.29, 0.717) is 54.3 Å². The molecule has 0 aliphatic heterocycles. The lowest BCUT2D eigenvalue weighted by Crippen LogP contribution is -2.62. The van der Waals surface area contributed by atoms with Crippen molar-refractivity contribution in [3.05, 3.63) is 65.9 Å². The van der Waals surface area contributed by atoms with E-state index in [1.54, 1.807) is 72.0 Å². The van der Waals surface area contributed by atoms with E-state index in [-0.39, 0.29) is 44.4 Å². The van der Waals surface area contributed by atoms with Gasteiger partial charge >= 0.3 is 11.9 Å². The van der Waals surface area contributed by atoms with Crippen molar-refractivity contribution in [2.75, 3.05) is 19.7 Å². The minimum atomic E-state index is -1.72.